The molecule has 5 nitrogen and oxygen atoms in total. The molecule has 0 spiro atoms. The summed E-state index contributed by atoms with van der Waals surface area (Å²) in [5.41, 5.74) is 0.500. The number of rotatable bonds is 6. The van der Waals surface area contributed by atoms with Gasteiger partial charge >= 0.3 is 0 Å². The normalized spacial score (nSPS) is 13.2. The summed E-state index contributed by atoms with van der Waals surface area (Å²) in [6, 6.07) is 8.67. The Bertz CT molecular complexity index is 853. The van der Waals surface area contributed by atoms with Gasteiger partial charge in [0.2, 0.25) is 5.91 Å². The number of anilines is 1. The van der Waals surface area contributed by atoms with Gasteiger partial charge in [-0.1, -0.05) is 29.3 Å². The summed E-state index contributed by atoms with van der Waals surface area (Å²) in [5, 5.41) is 0.468. The number of nitrogens with zero attached hydrogens (tertiary/aromatic N) is 2. The maximum Gasteiger partial charge on any atom is 0.265 e. The van der Waals surface area contributed by atoms with Gasteiger partial charge in [-0.05, 0) is 30.3 Å². The zero-order chi connectivity index (χ0) is 18.7. The van der Waals surface area contributed by atoms with Gasteiger partial charge in [0.05, 0.1) is 16.6 Å². The number of benzene rings is 1. The van der Waals surface area contributed by atoms with Gasteiger partial charge in [-0.3, -0.25) is 14.5 Å². The van der Waals surface area contributed by atoms with Crippen LogP contribution in [0.2, 0.25) is 9.36 Å². The van der Waals surface area contributed by atoms with E-state index in [1.165, 1.54) is 16.2 Å². The van der Waals surface area contributed by atoms with E-state index >= 15 is 0 Å². The van der Waals surface area contributed by atoms with Crippen molar-refractivity contribution >= 4 is 52.0 Å². The highest BCUT2D eigenvalue weighted by Gasteiger charge is 2.29. The van der Waals surface area contributed by atoms with Gasteiger partial charge in [0.1, 0.15) is 12.3 Å². The second-order valence-corrected chi connectivity index (χ2v) is 7.89. The fourth-order valence-electron chi connectivity index (χ4n) is 2.62. The molecule has 0 fully saturated rings. The van der Waals surface area contributed by atoms with E-state index < -0.39 is 0 Å². The third-order valence-corrected chi connectivity index (χ3v) is 5.29. The summed E-state index contributed by atoms with van der Waals surface area (Å²) in [4.78, 5) is 29.1. The average Bonchev–Trinajstić information content (AvgIpc) is 3.02. The molecule has 2 aromatic rings. The van der Waals surface area contributed by atoms with Crippen molar-refractivity contribution in [3.63, 3.8) is 0 Å². The van der Waals surface area contributed by atoms with Crippen LogP contribution in [-0.4, -0.2) is 36.4 Å². The molecule has 2 heterocycles. The predicted octanol–water partition coefficient (Wildman–Crippen LogP) is 4.00. The number of carbonyl (C=O) groups is 2. The Morgan fingerprint density at radius 1 is 1.35 bits per heavy atom. The van der Waals surface area contributed by atoms with Crippen LogP contribution in [-0.2, 0) is 16.1 Å². The molecule has 2 amide bonds. The second-order valence-electron chi connectivity index (χ2n) is 5.65. The molecule has 3 rings (SSSR count). The average molecular weight is 411 g/mol. The Morgan fingerprint density at radius 3 is 2.85 bits per heavy atom. The Morgan fingerprint density at radius 2 is 2.15 bits per heavy atom. The van der Waals surface area contributed by atoms with Crippen molar-refractivity contribution < 1.29 is 14.3 Å². The van der Waals surface area contributed by atoms with Gasteiger partial charge in [0, 0.05) is 16.4 Å². The summed E-state index contributed by atoms with van der Waals surface area (Å²) in [5.74, 6) is 0.0449. The molecular formula is C18H16Cl2N2O3S. The SMILES string of the molecule is C=CCN(Cc1ccc(Cl)s1)C(=O)CN1C(=O)COc2ccc(Cl)cc21. The monoisotopic (exact) mass is 410 g/mol. The van der Waals surface area contributed by atoms with Crippen LogP contribution in [0.5, 0.6) is 5.75 Å². The van der Waals surface area contributed by atoms with Crippen molar-refractivity contribution in [2.45, 2.75) is 6.54 Å². The maximum atomic E-state index is 12.8. The Kier molecular flexibility index (Phi) is 5.86. The minimum absolute atomic E-state index is 0.0948. The van der Waals surface area contributed by atoms with Gasteiger partial charge in [-0.2, -0.15) is 0 Å². The number of halogens is 2. The number of ether oxygens (including phenoxy) is 1. The lowest BCUT2D eigenvalue weighted by Gasteiger charge is -2.31. The standard InChI is InChI=1S/C18H16Cl2N2O3S/c1-2-7-21(9-13-4-6-16(20)26-13)17(23)10-22-14-8-12(19)3-5-15(14)25-11-18(22)24/h2-6,8H,1,7,9-11H2. The van der Waals surface area contributed by atoms with E-state index in [9.17, 15) is 9.59 Å². The third kappa shape index (κ3) is 4.20. The lowest BCUT2D eigenvalue weighted by molar-refractivity contribution is -0.132. The lowest BCUT2D eigenvalue weighted by atomic mass is 10.2. The molecule has 8 heteroatoms. The van der Waals surface area contributed by atoms with E-state index in [1.54, 1.807) is 35.2 Å². The molecular weight excluding hydrogens is 395 g/mol. The quantitative estimate of drug-likeness (QED) is 0.676. The third-order valence-electron chi connectivity index (χ3n) is 3.84. The van der Waals surface area contributed by atoms with Crippen LogP contribution in [0.3, 0.4) is 0 Å². The molecule has 0 N–H and O–H groups in total. The molecule has 136 valence electrons. The summed E-state index contributed by atoms with van der Waals surface area (Å²) >= 11 is 13.4. The Hall–Kier alpha value is -2.02. The molecule has 1 aliphatic heterocycles. The van der Waals surface area contributed by atoms with Crippen LogP contribution in [0.1, 0.15) is 4.88 Å². The Balaban J connectivity index is 1.79. The van der Waals surface area contributed by atoms with Gasteiger partial charge in [0.15, 0.2) is 6.61 Å². The van der Waals surface area contributed by atoms with E-state index in [0.717, 1.165) is 4.88 Å². The molecule has 1 aliphatic rings. The van der Waals surface area contributed by atoms with Crippen LogP contribution >= 0.6 is 34.5 Å². The topological polar surface area (TPSA) is 49.9 Å². The number of amides is 2. The predicted molar refractivity (Wildman–Crippen MR) is 104 cm³/mol. The zero-order valence-electron chi connectivity index (χ0n) is 13.8. The minimum Gasteiger partial charge on any atom is -0.482 e. The molecule has 0 saturated carbocycles. The molecule has 0 saturated heterocycles. The first-order valence-corrected chi connectivity index (χ1v) is 9.41. The first-order chi connectivity index (χ1) is 12.5. The fourth-order valence-corrected chi connectivity index (χ4v) is 3.89. The number of hydrogen-bond donors (Lipinski definition) is 0. The van der Waals surface area contributed by atoms with Crippen molar-refractivity contribution in [1.29, 1.82) is 0 Å². The number of carbonyl (C=O) groups excluding carboxylic acids is 2. The summed E-state index contributed by atoms with van der Waals surface area (Å²) in [6.45, 7) is 4.28. The van der Waals surface area contributed by atoms with E-state index in [4.69, 9.17) is 27.9 Å². The molecule has 0 bridgehead atoms. The highest BCUT2D eigenvalue weighted by molar-refractivity contribution is 7.16. The lowest BCUT2D eigenvalue weighted by Crippen LogP contribution is -2.46. The molecule has 0 unspecified atom stereocenters. The Labute approximate surface area is 165 Å². The number of fused-ring (bicyclic) bond motifs is 1. The molecule has 26 heavy (non-hydrogen) atoms. The minimum atomic E-state index is -0.286. The van der Waals surface area contributed by atoms with E-state index in [1.807, 2.05) is 6.07 Å². The van der Waals surface area contributed by atoms with Gasteiger partial charge in [-0.25, -0.2) is 0 Å². The number of thiophene rings is 1. The van der Waals surface area contributed by atoms with Crippen molar-refractivity contribution in [1.82, 2.24) is 4.90 Å². The largest absolute Gasteiger partial charge is 0.482 e. The highest BCUT2D eigenvalue weighted by Crippen LogP contribution is 2.34. The van der Waals surface area contributed by atoms with Crippen molar-refractivity contribution in [3.8, 4) is 5.75 Å². The molecule has 1 aromatic heterocycles. The fraction of sp³-hybridized carbons (Fsp3) is 0.222. The molecule has 1 aromatic carbocycles. The van der Waals surface area contributed by atoms with Crippen molar-refractivity contribution in [2.75, 3.05) is 24.6 Å². The van der Waals surface area contributed by atoms with Gasteiger partial charge in [-0.15, -0.1) is 17.9 Å². The maximum absolute atomic E-state index is 12.8. The number of hydrogen-bond acceptors (Lipinski definition) is 4. The molecule has 0 atom stereocenters. The van der Waals surface area contributed by atoms with Crippen LogP contribution in [0, 0.1) is 0 Å². The van der Waals surface area contributed by atoms with Gasteiger partial charge < -0.3 is 9.64 Å². The van der Waals surface area contributed by atoms with Crippen LogP contribution in [0.25, 0.3) is 0 Å². The first kappa shape index (κ1) is 18.8. The summed E-state index contributed by atoms with van der Waals surface area (Å²) in [6.07, 6.45) is 1.65. The zero-order valence-corrected chi connectivity index (χ0v) is 16.1. The van der Waals surface area contributed by atoms with Crippen LogP contribution in [0.4, 0.5) is 5.69 Å². The van der Waals surface area contributed by atoms with Crippen molar-refractivity contribution in [2.24, 2.45) is 0 Å². The van der Waals surface area contributed by atoms with E-state index in [0.29, 0.717) is 33.9 Å². The summed E-state index contributed by atoms with van der Waals surface area (Å²) < 4.78 is 6.07. The van der Waals surface area contributed by atoms with E-state index in [-0.39, 0.29) is 25.0 Å². The van der Waals surface area contributed by atoms with Crippen LogP contribution in [0.15, 0.2) is 43.0 Å². The highest BCUT2D eigenvalue weighted by atomic mass is 35.5. The second kappa shape index (κ2) is 8.12. The van der Waals surface area contributed by atoms with Gasteiger partial charge in [0.25, 0.3) is 5.91 Å². The summed E-state index contributed by atoms with van der Waals surface area (Å²) in [7, 11) is 0. The van der Waals surface area contributed by atoms with Crippen LogP contribution < -0.4 is 9.64 Å². The first-order valence-electron chi connectivity index (χ1n) is 7.83. The smallest absolute Gasteiger partial charge is 0.265 e. The van der Waals surface area contributed by atoms with Crippen molar-refractivity contribution in [3.05, 3.63) is 57.2 Å². The molecule has 0 aliphatic carbocycles. The molecule has 0 radical (unpaired) electrons. The van der Waals surface area contributed by atoms with E-state index in [2.05, 4.69) is 6.58 Å².